The van der Waals surface area contributed by atoms with Crippen LogP contribution in [-0.4, -0.2) is 35.9 Å². The summed E-state index contributed by atoms with van der Waals surface area (Å²) in [7, 11) is 1.60. The van der Waals surface area contributed by atoms with E-state index in [1.807, 2.05) is 31.5 Å². The van der Waals surface area contributed by atoms with Gasteiger partial charge in [-0.15, -0.1) is 11.8 Å². The lowest BCUT2D eigenvalue weighted by molar-refractivity contribution is -0.116. The molecule has 0 aromatic carbocycles. The number of aryl methyl sites for hydroxylation is 1. The summed E-state index contributed by atoms with van der Waals surface area (Å²) in [6.45, 7) is 6.30. The van der Waals surface area contributed by atoms with E-state index < -0.39 is 0 Å². The zero-order chi connectivity index (χ0) is 15.6. The number of esters is 1. The number of fused-ring (bicyclic) bond motifs is 1. The number of ether oxygens (including phenoxy) is 1. The zero-order valence-corrected chi connectivity index (χ0v) is 13.5. The number of amides is 1. The lowest BCUT2D eigenvalue weighted by Gasteiger charge is -2.07. The van der Waals surface area contributed by atoms with Crippen LogP contribution in [0.4, 0.5) is 0 Å². The van der Waals surface area contributed by atoms with Gasteiger partial charge < -0.3 is 14.6 Å². The molecule has 0 atom stereocenters. The Kier molecular flexibility index (Phi) is 4.77. The van der Waals surface area contributed by atoms with Gasteiger partial charge in [0.1, 0.15) is 0 Å². The average Bonchev–Trinajstić information content (AvgIpc) is 2.95. The van der Waals surface area contributed by atoms with Crippen LogP contribution in [0, 0.1) is 12.8 Å². The quantitative estimate of drug-likeness (QED) is 0.685. The smallest absolute Gasteiger partial charge is 0.341 e. The van der Waals surface area contributed by atoms with Gasteiger partial charge in [-0.25, -0.2) is 4.79 Å². The van der Waals surface area contributed by atoms with Gasteiger partial charge in [-0.2, -0.15) is 0 Å². The van der Waals surface area contributed by atoms with Gasteiger partial charge in [-0.05, 0) is 18.4 Å². The standard InChI is InChI=1S/C15H20N2O3S/c1-9(2)7-20-15(19)13-10(3)6-17-11(5-12(18)16-4)8-21-14(13)17/h5-6,9H,7-8H2,1-4H3,(H,16,18). The number of hydrogen-bond acceptors (Lipinski definition) is 4. The van der Waals surface area contributed by atoms with E-state index >= 15 is 0 Å². The fourth-order valence-electron chi connectivity index (χ4n) is 2.07. The van der Waals surface area contributed by atoms with Crippen LogP contribution in [0.15, 0.2) is 17.3 Å². The third-order valence-corrected chi connectivity index (χ3v) is 4.23. The predicted octanol–water partition coefficient (Wildman–Crippen LogP) is 2.30. The van der Waals surface area contributed by atoms with Crippen LogP contribution >= 0.6 is 11.8 Å². The lowest BCUT2D eigenvalue weighted by Crippen LogP contribution is -2.15. The Morgan fingerprint density at radius 1 is 1.52 bits per heavy atom. The topological polar surface area (TPSA) is 60.3 Å². The highest BCUT2D eigenvalue weighted by Gasteiger charge is 2.27. The minimum absolute atomic E-state index is 0.145. The fourth-order valence-corrected chi connectivity index (χ4v) is 3.28. The largest absolute Gasteiger partial charge is 0.462 e. The minimum atomic E-state index is -0.288. The molecular weight excluding hydrogens is 288 g/mol. The molecule has 0 spiro atoms. The van der Waals surface area contributed by atoms with Gasteiger partial charge in [0, 0.05) is 30.8 Å². The Bertz CT molecular complexity index is 602. The summed E-state index contributed by atoms with van der Waals surface area (Å²) in [5.41, 5.74) is 2.36. The molecule has 0 fully saturated rings. The number of carbonyl (C=O) groups is 2. The molecule has 6 heteroatoms. The molecule has 1 aromatic heterocycles. The van der Waals surface area contributed by atoms with Crippen LogP contribution in [-0.2, 0) is 9.53 Å². The first-order valence-corrected chi connectivity index (χ1v) is 7.87. The predicted molar refractivity (Wildman–Crippen MR) is 83.4 cm³/mol. The van der Waals surface area contributed by atoms with Crippen molar-refractivity contribution in [3.05, 3.63) is 23.4 Å². The average molecular weight is 308 g/mol. The highest BCUT2D eigenvalue weighted by Crippen LogP contribution is 2.38. The molecule has 5 nitrogen and oxygen atoms in total. The first-order valence-electron chi connectivity index (χ1n) is 6.88. The van der Waals surface area contributed by atoms with E-state index in [0.717, 1.165) is 16.3 Å². The highest BCUT2D eigenvalue weighted by molar-refractivity contribution is 8.00. The molecule has 1 aliphatic heterocycles. The van der Waals surface area contributed by atoms with Crippen LogP contribution in [0.25, 0.3) is 5.70 Å². The van der Waals surface area contributed by atoms with Gasteiger partial charge in [0.2, 0.25) is 5.91 Å². The van der Waals surface area contributed by atoms with Gasteiger partial charge in [0.15, 0.2) is 0 Å². The molecule has 0 bridgehead atoms. The van der Waals surface area contributed by atoms with E-state index in [2.05, 4.69) is 5.32 Å². The first-order chi connectivity index (χ1) is 9.93. The van der Waals surface area contributed by atoms with Gasteiger partial charge in [0.25, 0.3) is 0 Å². The van der Waals surface area contributed by atoms with Gasteiger partial charge in [0.05, 0.1) is 17.2 Å². The van der Waals surface area contributed by atoms with E-state index in [-0.39, 0.29) is 11.9 Å². The molecule has 0 unspecified atom stereocenters. The van der Waals surface area contributed by atoms with E-state index in [1.54, 1.807) is 24.9 Å². The summed E-state index contributed by atoms with van der Waals surface area (Å²) in [6, 6.07) is 0. The van der Waals surface area contributed by atoms with Crippen LogP contribution in [0.2, 0.25) is 0 Å². The molecule has 0 aliphatic carbocycles. The Hall–Kier alpha value is -1.69. The number of thioether (sulfide) groups is 1. The van der Waals surface area contributed by atoms with Crippen molar-refractivity contribution in [3.8, 4) is 0 Å². The highest BCUT2D eigenvalue weighted by atomic mass is 32.2. The summed E-state index contributed by atoms with van der Waals surface area (Å²) in [5.74, 6) is 0.548. The van der Waals surface area contributed by atoms with Gasteiger partial charge in [-0.1, -0.05) is 13.8 Å². The van der Waals surface area contributed by atoms with Crippen LogP contribution < -0.4 is 5.32 Å². The zero-order valence-electron chi connectivity index (χ0n) is 12.7. The molecule has 1 aliphatic rings. The maximum absolute atomic E-state index is 12.2. The van der Waals surface area contributed by atoms with Crippen molar-refractivity contribution < 1.29 is 14.3 Å². The number of rotatable bonds is 4. The number of aromatic nitrogens is 1. The van der Waals surface area contributed by atoms with Crippen molar-refractivity contribution in [1.82, 2.24) is 9.88 Å². The number of nitrogens with zero attached hydrogens (tertiary/aromatic N) is 1. The maximum atomic E-state index is 12.2. The summed E-state index contributed by atoms with van der Waals surface area (Å²) in [5, 5.41) is 3.43. The normalized spacial score (nSPS) is 15.4. The Morgan fingerprint density at radius 2 is 2.24 bits per heavy atom. The van der Waals surface area contributed by atoms with Crippen molar-refractivity contribution in [2.24, 2.45) is 5.92 Å². The molecule has 21 heavy (non-hydrogen) atoms. The fraction of sp³-hybridized carbons (Fsp3) is 0.467. The Balaban J connectivity index is 2.28. The second kappa shape index (κ2) is 6.39. The monoisotopic (exact) mass is 308 g/mol. The van der Waals surface area contributed by atoms with Crippen molar-refractivity contribution >= 4 is 29.3 Å². The second-order valence-electron chi connectivity index (χ2n) is 5.39. The third kappa shape index (κ3) is 3.32. The van der Waals surface area contributed by atoms with E-state index in [4.69, 9.17) is 4.74 Å². The number of likely N-dealkylation sites (N-methyl/N-ethyl adjacent to an activating group) is 1. The van der Waals surface area contributed by atoms with Gasteiger partial charge in [-0.3, -0.25) is 4.79 Å². The number of hydrogen-bond donors (Lipinski definition) is 1. The van der Waals surface area contributed by atoms with Crippen molar-refractivity contribution in [3.63, 3.8) is 0 Å². The summed E-state index contributed by atoms with van der Waals surface area (Å²) < 4.78 is 7.23. The molecule has 0 saturated carbocycles. The minimum Gasteiger partial charge on any atom is -0.462 e. The molecule has 0 radical (unpaired) electrons. The number of carbonyl (C=O) groups excluding carboxylic acids is 2. The lowest BCUT2D eigenvalue weighted by atomic mass is 10.2. The summed E-state index contributed by atoms with van der Waals surface area (Å²) >= 11 is 1.55. The Labute approximate surface area is 128 Å². The Morgan fingerprint density at radius 3 is 2.86 bits per heavy atom. The molecule has 1 amide bonds. The SMILES string of the molecule is CNC(=O)C=C1CSc2c(C(=O)OCC(C)C)c(C)cn21. The molecule has 2 heterocycles. The summed E-state index contributed by atoms with van der Waals surface area (Å²) in [6.07, 6.45) is 3.45. The van der Waals surface area contributed by atoms with Gasteiger partial charge >= 0.3 is 5.97 Å². The molecule has 0 saturated heterocycles. The van der Waals surface area contributed by atoms with Crippen molar-refractivity contribution in [2.75, 3.05) is 19.4 Å². The molecule has 2 rings (SSSR count). The molecule has 1 N–H and O–H groups in total. The third-order valence-electron chi connectivity index (χ3n) is 3.11. The van der Waals surface area contributed by atoms with E-state index in [0.29, 0.717) is 23.8 Å². The van der Waals surface area contributed by atoms with Crippen LogP contribution in [0.5, 0.6) is 0 Å². The molecule has 1 aromatic rings. The number of nitrogens with one attached hydrogen (secondary N) is 1. The van der Waals surface area contributed by atoms with Crippen molar-refractivity contribution in [2.45, 2.75) is 25.8 Å². The van der Waals surface area contributed by atoms with Crippen LogP contribution in [0.3, 0.4) is 0 Å². The maximum Gasteiger partial charge on any atom is 0.341 e. The van der Waals surface area contributed by atoms with E-state index in [9.17, 15) is 9.59 Å². The molecule has 114 valence electrons. The van der Waals surface area contributed by atoms with Crippen LogP contribution in [0.1, 0.15) is 29.8 Å². The van der Waals surface area contributed by atoms with Crippen molar-refractivity contribution in [1.29, 1.82) is 0 Å². The first kappa shape index (κ1) is 15.7. The second-order valence-corrected chi connectivity index (χ2v) is 6.36. The summed E-state index contributed by atoms with van der Waals surface area (Å²) in [4.78, 5) is 23.7. The molecular formula is C15H20N2O3S. The van der Waals surface area contributed by atoms with E-state index in [1.165, 1.54) is 0 Å².